The first kappa shape index (κ1) is 17.6. The second kappa shape index (κ2) is 7.14. The maximum atomic E-state index is 6.37. The molecule has 0 heterocycles. The smallest absolute Gasteiger partial charge is 0.138 e. The summed E-state index contributed by atoms with van der Waals surface area (Å²) in [5.74, 6) is 3.70. The van der Waals surface area contributed by atoms with Crippen molar-refractivity contribution >= 4 is 11.6 Å². The van der Waals surface area contributed by atoms with Gasteiger partial charge >= 0.3 is 0 Å². The van der Waals surface area contributed by atoms with Crippen molar-refractivity contribution in [3.8, 4) is 5.75 Å². The van der Waals surface area contributed by atoms with Gasteiger partial charge in [-0.05, 0) is 79.5 Å². The molecule has 0 unspecified atom stereocenters. The van der Waals surface area contributed by atoms with Gasteiger partial charge in [0.1, 0.15) is 12.4 Å². The molecule has 4 saturated carbocycles. The zero-order valence-electron chi connectivity index (χ0n) is 15.8. The third-order valence-corrected chi connectivity index (χ3v) is 7.25. The minimum atomic E-state index is 0.388. The minimum Gasteiger partial charge on any atom is -0.487 e. The van der Waals surface area contributed by atoms with Crippen LogP contribution in [-0.4, -0.2) is 5.54 Å². The largest absolute Gasteiger partial charge is 0.487 e. The van der Waals surface area contributed by atoms with Gasteiger partial charge in [0, 0.05) is 12.1 Å². The van der Waals surface area contributed by atoms with Gasteiger partial charge in [0.25, 0.3) is 0 Å². The highest BCUT2D eigenvalue weighted by atomic mass is 35.5. The second-order valence-electron chi connectivity index (χ2n) is 9.09. The van der Waals surface area contributed by atoms with Crippen LogP contribution < -0.4 is 10.1 Å². The summed E-state index contributed by atoms with van der Waals surface area (Å²) in [7, 11) is 0. The van der Waals surface area contributed by atoms with Gasteiger partial charge in [-0.3, -0.25) is 0 Å². The van der Waals surface area contributed by atoms with Crippen molar-refractivity contribution in [2.45, 2.75) is 57.2 Å². The van der Waals surface area contributed by atoms with Crippen LogP contribution in [0.25, 0.3) is 0 Å². The molecule has 3 heteroatoms. The monoisotopic (exact) mass is 381 g/mol. The number of nitrogens with one attached hydrogen (secondary N) is 1. The third-order valence-electron chi connectivity index (χ3n) is 6.94. The average Bonchev–Trinajstić information content (AvgIpc) is 2.66. The van der Waals surface area contributed by atoms with Gasteiger partial charge in [-0.25, -0.2) is 0 Å². The summed E-state index contributed by atoms with van der Waals surface area (Å²) in [6.07, 6.45) is 8.59. The van der Waals surface area contributed by atoms with Crippen LogP contribution in [-0.2, 0) is 13.2 Å². The zero-order chi connectivity index (χ0) is 18.3. The summed E-state index contributed by atoms with van der Waals surface area (Å²) >= 11 is 6.37. The molecule has 4 fully saturated rings. The molecule has 0 aromatic heterocycles. The zero-order valence-corrected chi connectivity index (χ0v) is 16.5. The van der Waals surface area contributed by atoms with E-state index in [1.54, 1.807) is 0 Å². The first-order valence-electron chi connectivity index (χ1n) is 10.4. The number of ether oxygens (including phenoxy) is 1. The minimum absolute atomic E-state index is 0.388. The van der Waals surface area contributed by atoms with E-state index in [1.165, 1.54) is 44.1 Å². The van der Waals surface area contributed by atoms with E-state index in [4.69, 9.17) is 16.3 Å². The fourth-order valence-electron chi connectivity index (χ4n) is 6.12. The molecular formula is C24H28ClNO. The lowest BCUT2D eigenvalue weighted by Crippen LogP contribution is -2.58. The fourth-order valence-corrected chi connectivity index (χ4v) is 6.29. The number of benzene rings is 2. The Hall–Kier alpha value is -1.51. The van der Waals surface area contributed by atoms with Crippen molar-refractivity contribution in [1.29, 1.82) is 0 Å². The second-order valence-corrected chi connectivity index (χ2v) is 9.50. The molecule has 2 nitrogen and oxygen atoms in total. The molecule has 0 aliphatic heterocycles. The number of hydrogen-bond donors (Lipinski definition) is 1. The highest BCUT2D eigenvalue weighted by Crippen LogP contribution is 2.55. The summed E-state index contributed by atoms with van der Waals surface area (Å²) in [6, 6.07) is 16.5. The molecule has 142 valence electrons. The Kier molecular flexibility index (Phi) is 4.65. The fraction of sp³-hybridized carbons (Fsp3) is 0.500. The predicted molar refractivity (Wildman–Crippen MR) is 110 cm³/mol. The van der Waals surface area contributed by atoms with Crippen molar-refractivity contribution in [1.82, 2.24) is 5.32 Å². The summed E-state index contributed by atoms with van der Waals surface area (Å²) in [5, 5.41) is 4.65. The molecule has 0 amide bonds. The van der Waals surface area contributed by atoms with Crippen LogP contribution in [0.15, 0.2) is 48.5 Å². The van der Waals surface area contributed by atoms with Crippen molar-refractivity contribution in [3.05, 3.63) is 64.7 Å². The van der Waals surface area contributed by atoms with E-state index in [0.29, 0.717) is 17.2 Å². The summed E-state index contributed by atoms with van der Waals surface area (Å²) in [5.41, 5.74) is 2.81. The van der Waals surface area contributed by atoms with Gasteiger partial charge < -0.3 is 10.1 Å². The molecule has 27 heavy (non-hydrogen) atoms. The average molecular weight is 382 g/mol. The number of halogens is 1. The van der Waals surface area contributed by atoms with E-state index in [9.17, 15) is 0 Å². The Balaban J connectivity index is 1.25. The van der Waals surface area contributed by atoms with Crippen LogP contribution in [0, 0.1) is 17.8 Å². The maximum Gasteiger partial charge on any atom is 0.138 e. The SMILES string of the molecule is Clc1ccc(CNC23CC4CC(CC(C4)C2)C3)cc1OCc1ccccc1. The Labute approximate surface area is 167 Å². The highest BCUT2D eigenvalue weighted by Gasteiger charge is 2.50. The van der Waals surface area contributed by atoms with E-state index < -0.39 is 0 Å². The van der Waals surface area contributed by atoms with E-state index >= 15 is 0 Å². The first-order valence-corrected chi connectivity index (χ1v) is 10.8. The van der Waals surface area contributed by atoms with Crippen LogP contribution in [0.1, 0.15) is 49.7 Å². The molecule has 2 aromatic carbocycles. The molecule has 4 bridgehead atoms. The summed E-state index contributed by atoms with van der Waals surface area (Å²) in [6.45, 7) is 1.46. The lowest BCUT2D eigenvalue weighted by Gasteiger charge is -2.57. The van der Waals surface area contributed by atoms with E-state index in [0.717, 1.165) is 35.6 Å². The van der Waals surface area contributed by atoms with Gasteiger partial charge in [0.2, 0.25) is 0 Å². The standard InChI is InChI=1S/C24H28ClNO/c25-22-7-6-18(11-23(22)27-16-17-4-2-1-3-5-17)15-26-24-12-19-8-20(13-24)10-21(9-19)14-24/h1-7,11,19-21,26H,8-10,12-16H2. The highest BCUT2D eigenvalue weighted by molar-refractivity contribution is 6.32. The van der Waals surface area contributed by atoms with Gasteiger partial charge in [0.15, 0.2) is 0 Å². The molecule has 6 rings (SSSR count). The lowest BCUT2D eigenvalue weighted by molar-refractivity contribution is -0.0206. The Bertz CT molecular complexity index is 768. The third kappa shape index (κ3) is 3.75. The van der Waals surface area contributed by atoms with Crippen LogP contribution in [0.4, 0.5) is 0 Å². The van der Waals surface area contributed by atoms with Gasteiger partial charge in [-0.2, -0.15) is 0 Å². The Morgan fingerprint density at radius 3 is 2.22 bits per heavy atom. The number of hydrogen-bond acceptors (Lipinski definition) is 2. The maximum absolute atomic E-state index is 6.37. The molecule has 1 N–H and O–H groups in total. The molecule has 0 spiro atoms. The Morgan fingerprint density at radius 1 is 0.889 bits per heavy atom. The van der Waals surface area contributed by atoms with Gasteiger partial charge in [-0.15, -0.1) is 0 Å². The molecule has 2 aromatic rings. The molecular weight excluding hydrogens is 354 g/mol. The van der Waals surface area contributed by atoms with Gasteiger partial charge in [0.05, 0.1) is 5.02 Å². The van der Waals surface area contributed by atoms with Crippen LogP contribution in [0.3, 0.4) is 0 Å². The molecule has 0 radical (unpaired) electrons. The van der Waals surface area contributed by atoms with E-state index in [-0.39, 0.29) is 0 Å². The van der Waals surface area contributed by atoms with Crippen LogP contribution >= 0.6 is 11.6 Å². The van der Waals surface area contributed by atoms with Crippen LogP contribution in [0.2, 0.25) is 5.02 Å². The van der Waals surface area contributed by atoms with Crippen molar-refractivity contribution < 1.29 is 4.74 Å². The van der Waals surface area contributed by atoms with Crippen molar-refractivity contribution in [2.24, 2.45) is 17.8 Å². The molecule has 4 aliphatic carbocycles. The van der Waals surface area contributed by atoms with E-state index in [2.05, 4.69) is 29.6 Å². The predicted octanol–water partition coefficient (Wildman–Crippen LogP) is 5.98. The topological polar surface area (TPSA) is 21.3 Å². The quantitative estimate of drug-likeness (QED) is 0.664. The normalized spacial score (nSPS) is 31.2. The Morgan fingerprint density at radius 2 is 1.56 bits per heavy atom. The molecule has 4 aliphatic rings. The first-order chi connectivity index (χ1) is 13.2. The van der Waals surface area contributed by atoms with E-state index in [1.807, 2.05) is 24.3 Å². The van der Waals surface area contributed by atoms with Gasteiger partial charge in [-0.1, -0.05) is 48.0 Å². The summed E-state index contributed by atoms with van der Waals surface area (Å²) in [4.78, 5) is 0. The number of rotatable bonds is 6. The van der Waals surface area contributed by atoms with Crippen molar-refractivity contribution in [2.75, 3.05) is 0 Å². The van der Waals surface area contributed by atoms with Crippen LogP contribution in [0.5, 0.6) is 5.75 Å². The molecule has 0 saturated heterocycles. The molecule has 0 atom stereocenters. The summed E-state index contributed by atoms with van der Waals surface area (Å²) < 4.78 is 6.00. The lowest BCUT2D eigenvalue weighted by atomic mass is 9.53. The van der Waals surface area contributed by atoms with Crippen molar-refractivity contribution in [3.63, 3.8) is 0 Å².